The first-order valence-corrected chi connectivity index (χ1v) is 14.1. The van der Waals surface area contributed by atoms with Crippen LogP contribution in [0.4, 0.5) is 5.69 Å². The van der Waals surface area contributed by atoms with Crippen LogP contribution in [0.5, 0.6) is 11.5 Å². The molecule has 0 spiro atoms. The summed E-state index contributed by atoms with van der Waals surface area (Å²) in [6, 6.07) is 11.6. The molecule has 0 unspecified atom stereocenters. The highest BCUT2D eigenvalue weighted by molar-refractivity contribution is 6.06. The normalized spacial score (nSPS) is 14.3. The van der Waals surface area contributed by atoms with Crippen molar-refractivity contribution < 1.29 is 14.7 Å². The van der Waals surface area contributed by atoms with Crippen molar-refractivity contribution in [3.05, 3.63) is 95.2 Å². The fraction of sp³-hybridized carbons (Fsp3) is 0.382. The van der Waals surface area contributed by atoms with E-state index in [0.717, 1.165) is 28.0 Å². The molecule has 218 valence electrons. The minimum Gasteiger partial charge on any atom is -0.504 e. The molecule has 0 fully saturated rings. The van der Waals surface area contributed by atoms with Gasteiger partial charge in [-0.05, 0) is 55.9 Å². The van der Waals surface area contributed by atoms with Crippen molar-refractivity contribution in [1.29, 1.82) is 0 Å². The van der Waals surface area contributed by atoms with Crippen molar-refractivity contribution in [3.63, 3.8) is 0 Å². The average Bonchev–Trinajstić information content (AvgIpc) is 2.95. The molecule has 0 aromatic heterocycles. The lowest BCUT2D eigenvalue weighted by molar-refractivity contribution is -0.117. The Kier molecular flexibility index (Phi) is 15.2. The van der Waals surface area contributed by atoms with Crippen LogP contribution in [0.3, 0.4) is 0 Å². The molecule has 6 heteroatoms. The van der Waals surface area contributed by atoms with Crippen LogP contribution in [0, 0.1) is 0 Å². The zero-order chi connectivity index (χ0) is 30.2. The first-order chi connectivity index (χ1) is 19.1. The second kappa shape index (κ2) is 17.7. The van der Waals surface area contributed by atoms with Gasteiger partial charge < -0.3 is 14.8 Å². The largest absolute Gasteiger partial charge is 0.504 e. The lowest BCUT2D eigenvalue weighted by atomic mass is 9.94. The summed E-state index contributed by atoms with van der Waals surface area (Å²) >= 11 is 0. The van der Waals surface area contributed by atoms with Crippen molar-refractivity contribution in [3.8, 4) is 11.5 Å². The Hall–Kier alpha value is -3.77. The zero-order valence-corrected chi connectivity index (χ0v) is 26.0. The minimum absolute atomic E-state index is 0.0292. The molecule has 3 rings (SSSR count). The molecule has 1 amide bonds. The van der Waals surface area contributed by atoms with Crippen LogP contribution in [0.15, 0.2) is 78.6 Å². The fourth-order valence-corrected chi connectivity index (χ4v) is 3.80. The number of rotatable bonds is 8. The molecular weight excluding hydrogens is 498 g/mol. The van der Waals surface area contributed by atoms with Gasteiger partial charge in [0, 0.05) is 24.4 Å². The Morgan fingerprint density at radius 1 is 1.05 bits per heavy atom. The number of nitrogens with one attached hydrogen (secondary N) is 2. The second-order valence-corrected chi connectivity index (χ2v) is 9.85. The minimum atomic E-state index is 0.0292. The topological polar surface area (TPSA) is 73.8 Å². The number of benzene rings is 2. The summed E-state index contributed by atoms with van der Waals surface area (Å²) in [5.74, 6) is 1.01. The highest BCUT2D eigenvalue weighted by atomic mass is 16.7. The number of carbonyl (C=O) groups excluding carboxylic acids is 1. The number of hydrazine groups is 1. The molecule has 2 aromatic carbocycles. The number of allylic oxidation sites excluding steroid dienone is 6. The molecule has 1 heterocycles. The maximum atomic E-state index is 12.2. The summed E-state index contributed by atoms with van der Waals surface area (Å²) < 4.78 is 0. The Bertz CT molecular complexity index is 1210. The van der Waals surface area contributed by atoms with Crippen molar-refractivity contribution in [2.75, 3.05) is 11.9 Å². The van der Waals surface area contributed by atoms with Crippen molar-refractivity contribution in [1.82, 2.24) is 11.0 Å². The quantitative estimate of drug-likeness (QED) is 0.175. The number of hydrogen-bond acceptors (Lipinski definition) is 5. The summed E-state index contributed by atoms with van der Waals surface area (Å²) in [6.45, 7) is 18.4. The molecular formula is C34H49N3O3. The highest BCUT2D eigenvalue weighted by Gasteiger charge is 2.24. The third kappa shape index (κ3) is 10.1. The van der Waals surface area contributed by atoms with Gasteiger partial charge in [0.15, 0.2) is 11.5 Å². The fourth-order valence-electron chi connectivity index (χ4n) is 3.80. The van der Waals surface area contributed by atoms with Gasteiger partial charge in [-0.2, -0.15) is 0 Å². The van der Waals surface area contributed by atoms with Crippen molar-refractivity contribution in [2.24, 2.45) is 0 Å². The van der Waals surface area contributed by atoms with Crippen LogP contribution < -0.4 is 20.8 Å². The van der Waals surface area contributed by atoms with Crippen LogP contribution in [-0.4, -0.2) is 18.1 Å². The smallest absolute Gasteiger partial charge is 0.231 e. The van der Waals surface area contributed by atoms with E-state index in [1.54, 1.807) is 18.1 Å². The summed E-state index contributed by atoms with van der Waals surface area (Å²) in [6.07, 6.45) is 12.3. The molecule has 1 aliphatic heterocycles. The van der Waals surface area contributed by atoms with Gasteiger partial charge in [0.25, 0.3) is 0 Å². The van der Waals surface area contributed by atoms with E-state index in [2.05, 4.69) is 43.9 Å². The SMILES string of the molecule is CC.CC(C)c1cc(ONN/C=C2\CC(=O)N(C)c3ccccc32)c(O)c(C(C)C)c1.C\C=C/C=C\C(C)=C\C. The molecule has 40 heavy (non-hydrogen) atoms. The molecule has 0 radical (unpaired) electrons. The lowest BCUT2D eigenvalue weighted by Gasteiger charge is -2.27. The van der Waals surface area contributed by atoms with E-state index >= 15 is 0 Å². The van der Waals surface area contributed by atoms with Crippen LogP contribution in [-0.2, 0) is 4.79 Å². The van der Waals surface area contributed by atoms with Gasteiger partial charge in [-0.3, -0.25) is 10.2 Å². The van der Waals surface area contributed by atoms with E-state index < -0.39 is 0 Å². The van der Waals surface area contributed by atoms with Crippen molar-refractivity contribution in [2.45, 2.75) is 80.6 Å². The third-order valence-electron chi connectivity index (χ3n) is 6.33. The standard InChI is InChI=1S/C23H29N3O3.C9H14.C2H6/c1-14(2)16-10-19(15(3)4)23(28)21(11-16)29-25-24-13-17-12-22(27)26(5)20-9-7-6-8-18(17)20;1-4-6-7-8-9(3)5-2;1-2/h6-11,13-15,24-25,28H,12H2,1-5H3;4-8H,1-3H3;1-2H3/b17-13+;6-4-,8-7-,9-5+;. The number of para-hydroxylation sites is 1. The van der Waals surface area contributed by atoms with Crippen LogP contribution in [0.2, 0.25) is 0 Å². The molecule has 3 N–H and O–H groups in total. The molecule has 0 saturated carbocycles. The second-order valence-electron chi connectivity index (χ2n) is 9.85. The van der Waals surface area contributed by atoms with Crippen molar-refractivity contribution >= 4 is 17.2 Å². The summed E-state index contributed by atoms with van der Waals surface area (Å²) in [5.41, 5.74) is 11.5. The highest BCUT2D eigenvalue weighted by Crippen LogP contribution is 2.37. The summed E-state index contributed by atoms with van der Waals surface area (Å²) in [5, 5.41) is 10.5. The predicted molar refractivity (Wildman–Crippen MR) is 170 cm³/mol. The monoisotopic (exact) mass is 547 g/mol. The predicted octanol–water partition coefficient (Wildman–Crippen LogP) is 8.55. The average molecular weight is 548 g/mol. The number of hydrogen-bond donors (Lipinski definition) is 3. The summed E-state index contributed by atoms with van der Waals surface area (Å²) in [7, 11) is 1.78. The van der Waals surface area contributed by atoms with Gasteiger partial charge in [-0.1, -0.05) is 107 Å². The van der Waals surface area contributed by atoms with Gasteiger partial charge >= 0.3 is 0 Å². The van der Waals surface area contributed by atoms with E-state index in [-0.39, 0.29) is 17.6 Å². The number of aromatic hydroxyl groups is 1. The third-order valence-corrected chi connectivity index (χ3v) is 6.33. The number of amides is 1. The van der Waals surface area contributed by atoms with E-state index in [0.29, 0.717) is 18.1 Å². The molecule has 1 aliphatic rings. The zero-order valence-electron chi connectivity index (χ0n) is 26.0. The van der Waals surface area contributed by atoms with Crippen LogP contribution in [0.1, 0.15) is 97.3 Å². The number of carbonyl (C=O) groups is 1. The first-order valence-electron chi connectivity index (χ1n) is 14.1. The van der Waals surface area contributed by atoms with Crippen LogP contribution >= 0.6 is 0 Å². The maximum Gasteiger partial charge on any atom is 0.231 e. The molecule has 0 atom stereocenters. The number of nitrogens with zero attached hydrogens (tertiary/aromatic N) is 1. The van der Waals surface area contributed by atoms with Gasteiger partial charge in [0.2, 0.25) is 5.91 Å². The van der Waals surface area contributed by atoms with Gasteiger partial charge in [0.05, 0.1) is 12.1 Å². The lowest BCUT2D eigenvalue weighted by Crippen LogP contribution is -2.33. The van der Waals surface area contributed by atoms with E-state index in [1.807, 2.05) is 96.2 Å². The maximum absolute atomic E-state index is 12.2. The Morgan fingerprint density at radius 2 is 1.73 bits per heavy atom. The Labute approximate surface area is 242 Å². The van der Waals surface area contributed by atoms with E-state index in [1.165, 1.54) is 5.57 Å². The number of fused-ring (bicyclic) bond motifs is 1. The molecule has 0 saturated heterocycles. The van der Waals surface area contributed by atoms with E-state index in [9.17, 15) is 9.90 Å². The first kappa shape index (κ1) is 34.3. The van der Waals surface area contributed by atoms with Gasteiger partial charge in [0.1, 0.15) is 0 Å². The molecule has 2 aromatic rings. The van der Waals surface area contributed by atoms with Gasteiger partial charge in [-0.25, -0.2) is 0 Å². The summed E-state index contributed by atoms with van der Waals surface area (Å²) in [4.78, 5) is 19.5. The Morgan fingerprint density at radius 3 is 2.33 bits per heavy atom. The number of phenols is 1. The number of phenolic OH excluding ortho intramolecular Hbond substituents is 1. The van der Waals surface area contributed by atoms with Crippen LogP contribution in [0.25, 0.3) is 5.57 Å². The molecule has 0 bridgehead atoms. The van der Waals surface area contributed by atoms with E-state index in [4.69, 9.17) is 4.84 Å². The molecule has 0 aliphatic carbocycles. The number of anilines is 1. The molecule has 6 nitrogen and oxygen atoms in total. The van der Waals surface area contributed by atoms with Gasteiger partial charge in [-0.15, -0.1) is 0 Å². The Balaban J connectivity index is 0.000000621.